The fourth-order valence-corrected chi connectivity index (χ4v) is 3.73. The monoisotopic (exact) mass is 318 g/mol. The van der Waals surface area contributed by atoms with E-state index in [9.17, 15) is 15.4 Å². The Hall–Kier alpha value is -3.20. The number of non-ortho nitro benzene ring substituents is 1. The van der Waals surface area contributed by atoms with Gasteiger partial charge in [-0.05, 0) is 30.0 Å². The number of rotatable bonds is 2. The predicted molar refractivity (Wildman–Crippen MR) is 88.4 cm³/mol. The van der Waals surface area contributed by atoms with Crippen molar-refractivity contribution in [2.45, 2.75) is 18.4 Å². The summed E-state index contributed by atoms with van der Waals surface area (Å²) in [4.78, 5) is 15.2. The molecule has 0 saturated heterocycles. The summed E-state index contributed by atoms with van der Waals surface area (Å²) < 4.78 is 0. The highest BCUT2D eigenvalue weighted by atomic mass is 16.6. The van der Waals surface area contributed by atoms with Crippen LogP contribution in [0.3, 0.4) is 0 Å². The fraction of sp³-hybridized carbons (Fsp3) is 0.222. The number of benzene rings is 1. The molecular weight excluding hydrogens is 304 g/mol. The van der Waals surface area contributed by atoms with Crippen molar-refractivity contribution in [1.82, 2.24) is 4.98 Å². The van der Waals surface area contributed by atoms with E-state index in [1.807, 2.05) is 18.2 Å². The minimum Gasteiger partial charge on any atom is -0.375 e. The molecule has 1 aliphatic carbocycles. The van der Waals surface area contributed by atoms with E-state index in [0.29, 0.717) is 11.3 Å². The van der Waals surface area contributed by atoms with Gasteiger partial charge in [0.15, 0.2) is 0 Å². The van der Waals surface area contributed by atoms with E-state index in [0.717, 1.165) is 17.7 Å². The van der Waals surface area contributed by atoms with Crippen LogP contribution in [0.2, 0.25) is 0 Å². The molecule has 1 aromatic heterocycles. The topological polar surface area (TPSA) is 91.8 Å². The first-order chi connectivity index (χ1) is 11.7. The fourth-order valence-electron chi connectivity index (χ4n) is 3.73. The molecule has 24 heavy (non-hydrogen) atoms. The van der Waals surface area contributed by atoms with Gasteiger partial charge in [0.2, 0.25) is 0 Å². The normalized spacial score (nSPS) is 23.7. The van der Waals surface area contributed by atoms with Gasteiger partial charge in [0.25, 0.3) is 5.69 Å². The molecule has 1 N–H and O–H groups in total. The lowest BCUT2D eigenvalue weighted by molar-refractivity contribution is -0.384. The van der Waals surface area contributed by atoms with Crippen molar-refractivity contribution in [3.8, 4) is 6.07 Å². The van der Waals surface area contributed by atoms with Crippen LogP contribution in [0.15, 0.2) is 48.7 Å². The summed E-state index contributed by atoms with van der Waals surface area (Å²) in [5, 5.41) is 24.1. The highest BCUT2D eigenvalue weighted by molar-refractivity contribution is 5.70. The van der Waals surface area contributed by atoms with E-state index >= 15 is 0 Å². The number of hydrogen-bond acceptors (Lipinski definition) is 5. The Morgan fingerprint density at radius 1 is 1.38 bits per heavy atom. The van der Waals surface area contributed by atoms with Crippen LogP contribution in [-0.2, 0) is 0 Å². The largest absolute Gasteiger partial charge is 0.375 e. The Kier molecular flexibility index (Phi) is 3.28. The molecule has 118 valence electrons. The molecule has 0 unspecified atom stereocenters. The number of anilines is 1. The summed E-state index contributed by atoms with van der Waals surface area (Å²) in [6.45, 7) is 0. The van der Waals surface area contributed by atoms with Crippen LogP contribution in [0.5, 0.6) is 0 Å². The molecule has 2 aromatic rings. The van der Waals surface area contributed by atoms with Gasteiger partial charge in [0.05, 0.1) is 27.9 Å². The maximum atomic E-state index is 11.2. The summed E-state index contributed by atoms with van der Waals surface area (Å²) in [5.41, 5.74) is 2.70. The standard InChI is InChI=1S/C18H14N4O2/c19-10-11-8-12(22(23)24)9-15-13-4-3-5-14(13)18(21-17(11)15)16-6-1-2-7-20-16/h1-4,6-9,13-14,18,21H,5H2/t13-,14+,18-/m1/s1. The molecular formula is C18H14N4O2. The SMILES string of the molecule is N#Cc1cc([N+](=O)[O-])cc2c1N[C@@H](c1ccccn1)[C@H]1CC=C[C@@H]21. The molecule has 6 heteroatoms. The van der Waals surface area contributed by atoms with Crippen molar-refractivity contribution in [2.24, 2.45) is 5.92 Å². The molecule has 0 bridgehead atoms. The minimum absolute atomic E-state index is 0.0211. The second-order valence-corrected chi connectivity index (χ2v) is 6.06. The lowest BCUT2D eigenvalue weighted by Crippen LogP contribution is -2.30. The van der Waals surface area contributed by atoms with E-state index in [1.54, 1.807) is 12.3 Å². The molecule has 1 aromatic carbocycles. The summed E-state index contributed by atoms with van der Waals surface area (Å²) >= 11 is 0. The quantitative estimate of drug-likeness (QED) is 0.518. The molecule has 2 aliphatic rings. The summed E-state index contributed by atoms with van der Waals surface area (Å²) in [5.74, 6) is 0.293. The average Bonchev–Trinajstić information content (AvgIpc) is 3.10. The number of nitrogens with one attached hydrogen (secondary N) is 1. The zero-order valence-corrected chi connectivity index (χ0v) is 12.7. The van der Waals surface area contributed by atoms with Gasteiger partial charge in [-0.15, -0.1) is 0 Å². The van der Waals surface area contributed by atoms with E-state index in [1.165, 1.54) is 6.07 Å². The van der Waals surface area contributed by atoms with Gasteiger partial charge in [0.1, 0.15) is 6.07 Å². The summed E-state index contributed by atoms with van der Waals surface area (Å²) in [6, 6.07) is 10.8. The Balaban J connectivity index is 1.88. The van der Waals surface area contributed by atoms with Gasteiger partial charge in [-0.3, -0.25) is 15.1 Å². The van der Waals surface area contributed by atoms with Crippen molar-refractivity contribution >= 4 is 11.4 Å². The molecule has 3 atom stereocenters. The minimum atomic E-state index is -0.445. The molecule has 0 amide bonds. The zero-order chi connectivity index (χ0) is 16.7. The van der Waals surface area contributed by atoms with Crippen molar-refractivity contribution < 1.29 is 4.92 Å². The van der Waals surface area contributed by atoms with Crippen molar-refractivity contribution in [3.63, 3.8) is 0 Å². The van der Waals surface area contributed by atoms with Gasteiger partial charge in [-0.2, -0.15) is 5.26 Å². The van der Waals surface area contributed by atoms with Crippen LogP contribution < -0.4 is 5.32 Å². The van der Waals surface area contributed by atoms with Crippen molar-refractivity contribution in [1.29, 1.82) is 5.26 Å². The molecule has 0 radical (unpaired) electrons. The number of fused-ring (bicyclic) bond motifs is 3. The van der Waals surface area contributed by atoms with Crippen LogP contribution in [0, 0.1) is 27.4 Å². The second kappa shape index (κ2) is 5.46. The second-order valence-electron chi connectivity index (χ2n) is 6.06. The lowest BCUT2D eigenvalue weighted by atomic mass is 9.77. The van der Waals surface area contributed by atoms with Gasteiger partial charge in [-0.25, -0.2) is 0 Å². The van der Waals surface area contributed by atoms with Gasteiger partial charge >= 0.3 is 0 Å². The van der Waals surface area contributed by atoms with Gasteiger partial charge in [0, 0.05) is 24.2 Å². The van der Waals surface area contributed by atoms with Crippen LogP contribution in [-0.4, -0.2) is 9.91 Å². The van der Waals surface area contributed by atoms with Gasteiger partial charge in [-0.1, -0.05) is 18.2 Å². The van der Waals surface area contributed by atoms with E-state index < -0.39 is 4.92 Å². The molecule has 0 saturated carbocycles. The van der Waals surface area contributed by atoms with Crippen molar-refractivity contribution in [2.75, 3.05) is 5.32 Å². The first-order valence-corrected chi connectivity index (χ1v) is 7.75. The first kappa shape index (κ1) is 14.4. The molecule has 6 nitrogen and oxygen atoms in total. The average molecular weight is 318 g/mol. The maximum Gasteiger partial charge on any atom is 0.271 e. The number of nitro benzene ring substituents is 1. The van der Waals surface area contributed by atoms with E-state index in [-0.39, 0.29) is 23.6 Å². The lowest BCUT2D eigenvalue weighted by Gasteiger charge is -2.37. The number of nitriles is 1. The Bertz CT molecular complexity index is 886. The number of aromatic nitrogens is 1. The van der Waals surface area contributed by atoms with E-state index in [2.05, 4.69) is 28.5 Å². The predicted octanol–water partition coefficient (Wildman–Crippen LogP) is 3.69. The number of pyridine rings is 1. The molecule has 0 spiro atoms. The van der Waals surface area contributed by atoms with Crippen LogP contribution in [0.4, 0.5) is 11.4 Å². The first-order valence-electron chi connectivity index (χ1n) is 7.75. The Labute approximate surface area is 138 Å². The smallest absolute Gasteiger partial charge is 0.271 e. The summed E-state index contributed by atoms with van der Waals surface area (Å²) in [7, 11) is 0. The summed E-state index contributed by atoms with van der Waals surface area (Å²) in [6.07, 6.45) is 6.83. The third kappa shape index (κ3) is 2.14. The highest BCUT2D eigenvalue weighted by Crippen LogP contribution is 2.51. The maximum absolute atomic E-state index is 11.2. The number of hydrogen-bond donors (Lipinski definition) is 1. The van der Waals surface area contributed by atoms with Crippen molar-refractivity contribution in [3.05, 3.63) is 75.6 Å². The Morgan fingerprint density at radius 3 is 2.96 bits per heavy atom. The number of allylic oxidation sites excluding steroid dienone is 2. The van der Waals surface area contributed by atoms with Crippen LogP contribution in [0.25, 0.3) is 0 Å². The van der Waals surface area contributed by atoms with Crippen LogP contribution in [0.1, 0.15) is 35.2 Å². The van der Waals surface area contributed by atoms with Gasteiger partial charge < -0.3 is 5.32 Å². The highest BCUT2D eigenvalue weighted by Gasteiger charge is 2.40. The van der Waals surface area contributed by atoms with Crippen LogP contribution >= 0.6 is 0 Å². The molecule has 1 aliphatic heterocycles. The third-order valence-corrected chi connectivity index (χ3v) is 4.79. The zero-order valence-electron chi connectivity index (χ0n) is 12.7. The number of nitrogens with zero attached hydrogens (tertiary/aromatic N) is 3. The third-order valence-electron chi connectivity index (χ3n) is 4.79. The molecule has 4 rings (SSSR count). The molecule has 0 fully saturated rings. The Morgan fingerprint density at radius 2 is 2.25 bits per heavy atom. The molecule has 2 heterocycles. The van der Waals surface area contributed by atoms with E-state index in [4.69, 9.17) is 0 Å². The number of nitro groups is 1.